The van der Waals surface area contributed by atoms with Gasteiger partial charge < -0.3 is 9.59 Å². The Labute approximate surface area is 104 Å². The molecule has 1 fully saturated rings. The largest absolute Gasteiger partial charge is 0.396 e. The third-order valence-corrected chi connectivity index (χ3v) is 4.10. The van der Waals surface area contributed by atoms with Crippen LogP contribution in [0.1, 0.15) is 24.8 Å². The lowest BCUT2D eigenvalue weighted by molar-refractivity contribution is -0.928. The fourth-order valence-corrected chi connectivity index (χ4v) is 2.90. The molecule has 0 saturated carbocycles. The Morgan fingerprint density at radius 1 is 1.18 bits per heavy atom. The number of benzene rings is 1. The number of piperidine rings is 1. The van der Waals surface area contributed by atoms with Gasteiger partial charge in [-0.3, -0.25) is 0 Å². The Balaban J connectivity index is 1.89. The van der Waals surface area contributed by atoms with E-state index < -0.39 is 0 Å². The number of nitrogens with zero attached hydrogens (tertiary/aromatic N) is 1. The van der Waals surface area contributed by atoms with Crippen LogP contribution in [-0.4, -0.2) is 36.3 Å². The van der Waals surface area contributed by atoms with Crippen LogP contribution < -0.4 is 0 Å². The summed E-state index contributed by atoms with van der Waals surface area (Å²) in [5.74, 6) is 0.752. The molecule has 0 amide bonds. The maximum absolute atomic E-state index is 8.98. The van der Waals surface area contributed by atoms with Crippen LogP contribution in [0.4, 0.5) is 0 Å². The second-order valence-corrected chi connectivity index (χ2v) is 5.67. The Hall–Kier alpha value is -0.860. The maximum Gasteiger partial charge on any atom is 0.104 e. The Kier molecular flexibility index (Phi) is 4.19. The lowest BCUT2D eigenvalue weighted by atomic mass is 9.92. The summed E-state index contributed by atoms with van der Waals surface area (Å²) in [5, 5.41) is 8.98. The Bertz CT molecular complexity index is 328. The predicted molar refractivity (Wildman–Crippen MR) is 70.5 cm³/mol. The first-order valence-corrected chi connectivity index (χ1v) is 6.70. The average Bonchev–Trinajstić information content (AvgIpc) is 2.34. The predicted octanol–water partition coefficient (Wildman–Crippen LogP) is 2.43. The summed E-state index contributed by atoms with van der Waals surface area (Å²) in [6.07, 6.45) is 3.53. The highest BCUT2D eigenvalue weighted by molar-refractivity contribution is 5.13. The minimum atomic E-state index is 0.354. The van der Waals surface area contributed by atoms with Crippen LogP contribution in [0.15, 0.2) is 30.3 Å². The van der Waals surface area contributed by atoms with Crippen LogP contribution in [0.25, 0.3) is 0 Å². The van der Waals surface area contributed by atoms with Gasteiger partial charge >= 0.3 is 0 Å². The van der Waals surface area contributed by atoms with Gasteiger partial charge in [-0.2, -0.15) is 0 Å². The number of rotatable bonds is 4. The molecule has 2 heteroatoms. The van der Waals surface area contributed by atoms with Crippen molar-refractivity contribution in [1.29, 1.82) is 0 Å². The molecule has 1 N–H and O–H groups in total. The molecular weight excluding hydrogens is 210 g/mol. The molecule has 17 heavy (non-hydrogen) atoms. The van der Waals surface area contributed by atoms with Gasteiger partial charge in [-0.15, -0.1) is 0 Å². The van der Waals surface area contributed by atoms with E-state index in [9.17, 15) is 0 Å². The minimum Gasteiger partial charge on any atom is -0.396 e. The van der Waals surface area contributed by atoms with Gasteiger partial charge in [0.15, 0.2) is 0 Å². The zero-order valence-corrected chi connectivity index (χ0v) is 10.8. The van der Waals surface area contributed by atoms with Crippen LogP contribution in [0, 0.1) is 5.92 Å². The smallest absolute Gasteiger partial charge is 0.104 e. The van der Waals surface area contributed by atoms with E-state index in [0.717, 1.165) is 23.4 Å². The molecule has 94 valence electrons. The van der Waals surface area contributed by atoms with E-state index in [2.05, 4.69) is 37.4 Å². The number of hydrogen-bond acceptors (Lipinski definition) is 1. The Morgan fingerprint density at radius 3 is 2.41 bits per heavy atom. The topological polar surface area (TPSA) is 20.2 Å². The van der Waals surface area contributed by atoms with E-state index in [1.165, 1.54) is 31.5 Å². The molecule has 0 spiro atoms. The van der Waals surface area contributed by atoms with E-state index in [4.69, 9.17) is 5.11 Å². The molecule has 0 unspecified atom stereocenters. The van der Waals surface area contributed by atoms with Crippen molar-refractivity contribution in [3.63, 3.8) is 0 Å². The number of aliphatic hydroxyl groups excluding tert-OH is 1. The van der Waals surface area contributed by atoms with Crippen molar-refractivity contribution in [3.05, 3.63) is 35.9 Å². The molecule has 2 nitrogen and oxygen atoms in total. The number of aliphatic hydroxyl groups is 1. The summed E-state index contributed by atoms with van der Waals surface area (Å²) < 4.78 is 1.16. The molecule has 1 aliphatic heterocycles. The summed E-state index contributed by atoms with van der Waals surface area (Å²) in [5.41, 5.74) is 1.44. The highest BCUT2D eigenvalue weighted by atomic mass is 16.3. The van der Waals surface area contributed by atoms with E-state index in [1.54, 1.807) is 0 Å². The van der Waals surface area contributed by atoms with Gasteiger partial charge in [0, 0.05) is 12.2 Å². The van der Waals surface area contributed by atoms with Crippen LogP contribution in [0.2, 0.25) is 0 Å². The zero-order chi connectivity index (χ0) is 12.1. The minimum absolute atomic E-state index is 0.354. The third kappa shape index (κ3) is 3.55. The summed E-state index contributed by atoms with van der Waals surface area (Å²) in [6.45, 7) is 4.00. The normalized spacial score (nSPS) is 29.2. The first kappa shape index (κ1) is 12.6. The van der Waals surface area contributed by atoms with Crippen molar-refractivity contribution >= 4 is 0 Å². The van der Waals surface area contributed by atoms with Crippen molar-refractivity contribution in [3.8, 4) is 0 Å². The third-order valence-electron chi connectivity index (χ3n) is 4.10. The SMILES string of the molecule is C[N+]1(Cc2ccccc2)CCC(CCO)CC1. The average molecular weight is 234 g/mol. The lowest BCUT2D eigenvalue weighted by Gasteiger charge is -2.40. The van der Waals surface area contributed by atoms with Gasteiger partial charge in [-0.25, -0.2) is 0 Å². The molecule has 1 saturated heterocycles. The van der Waals surface area contributed by atoms with Crippen molar-refractivity contribution in [2.45, 2.75) is 25.8 Å². The summed E-state index contributed by atoms with van der Waals surface area (Å²) >= 11 is 0. The van der Waals surface area contributed by atoms with Crippen LogP contribution in [-0.2, 0) is 6.54 Å². The second kappa shape index (κ2) is 5.65. The van der Waals surface area contributed by atoms with Crippen molar-refractivity contribution < 1.29 is 9.59 Å². The van der Waals surface area contributed by atoms with Crippen molar-refractivity contribution in [2.24, 2.45) is 5.92 Å². The molecule has 0 bridgehead atoms. The maximum atomic E-state index is 8.98. The molecular formula is C15H24NO+. The van der Waals surface area contributed by atoms with Gasteiger partial charge in [0.2, 0.25) is 0 Å². The fraction of sp³-hybridized carbons (Fsp3) is 0.600. The Morgan fingerprint density at radius 2 is 1.82 bits per heavy atom. The van der Waals surface area contributed by atoms with Gasteiger partial charge in [0.1, 0.15) is 6.54 Å². The number of hydrogen-bond donors (Lipinski definition) is 1. The van der Waals surface area contributed by atoms with E-state index in [-0.39, 0.29) is 0 Å². The molecule has 1 aromatic carbocycles. The summed E-state index contributed by atoms with van der Waals surface area (Å²) in [4.78, 5) is 0. The molecule has 0 radical (unpaired) electrons. The monoisotopic (exact) mass is 234 g/mol. The summed E-state index contributed by atoms with van der Waals surface area (Å²) in [7, 11) is 2.36. The molecule has 1 heterocycles. The van der Waals surface area contributed by atoms with Gasteiger partial charge in [0.05, 0.1) is 20.1 Å². The highest BCUT2D eigenvalue weighted by Crippen LogP contribution is 2.26. The van der Waals surface area contributed by atoms with E-state index in [0.29, 0.717) is 6.61 Å². The van der Waals surface area contributed by atoms with Crippen LogP contribution >= 0.6 is 0 Å². The van der Waals surface area contributed by atoms with Gasteiger partial charge in [0.25, 0.3) is 0 Å². The van der Waals surface area contributed by atoms with E-state index in [1.807, 2.05) is 0 Å². The molecule has 2 rings (SSSR count). The second-order valence-electron chi connectivity index (χ2n) is 5.67. The van der Waals surface area contributed by atoms with Crippen LogP contribution in [0.3, 0.4) is 0 Å². The molecule has 0 atom stereocenters. The molecule has 1 aromatic rings. The van der Waals surface area contributed by atoms with Crippen molar-refractivity contribution in [1.82, 2.24) is 0 Å². The van der Waals surface area contributed by atoms with Crippen LogP contribution in [0.5, 0.6) is 0 Å². The highest BCUT2D eigenvalue weighted by Gasteiger charge is 2.29. The molecule has 1 aliphatic rings. The first-order chi connectivity index (χ1) is 8.22. The molecule has 0 aromatic heterocycles. The zero-order valence-electron chi connectivity index (χ0n) is 10.8. The molecule has 0 aliphatic carbocycles. The van der Waals surface area contributed by atoms with Gasteiger partial charge in [-0.1, -0.05) is 30.3 Å². The van der Waals surface area contributed by atoms with Crippen molar-refractivity contribution in [2.75, 3.05) is 26.7 Å². The number of quaternary nitrogens is 1. The summed E-state index contributed by atoms with van der Waals surface area (Å²) in [6, 6.07) is 10.8. The number of likely N-dealkylation sites (tertiary alicyclic amines) is 1. The fourth-order valence-electron chi connectivity index (χ4n) is 2.90. The lowest BCUT2D eigenvalue weighted by Crippen LogP contribution is -2.49. The quantitative estimate of drug-likeness (QED) is 0.793. The first-order valence-electron chi connectivity index (χ1n) is 6.70. The standard InChI is InChI=1S/C15H24NO/c1-16(13-15-5-3-2-4-6-15)10-7-14(8-11-16)9-12-17/h2-6,14,17H,7-13H2,1H3/q+1. The van der Waals surface area contributed by atoms with Gasteiger partial charge in [-0.05, 0) is 25.2 Å². The van der Waals surface area contributed by atoms with E-state index >= 15 is 0 Å².